The summed E-state index contributed by atoms with van der Waals surface area (Å²) in [5, 5.41) is 8.87. The van der Waals surface area contributed by atoms with Gasteiger partial charge in [0, 0.05) is 5.41 Å². The van der Waals surface area contributed by atoms with Crippen molar-refractivity contribution >= 4 is 6.09 Å². The summed E-state index contributed by atoms with van der Waals surface area (Å²) in [5.41, 5.74) is 4.41. The molecule has 0 unspecified atom stereocenters. The van der Waals surface area contributed by atoms with Crippen LogP contribution in [0.15, 0.2) is 0 Å². The molecule has 1 atom stereocenters. The lowest BCUT2D eigenvalue weighted by atomic mass is 9.90. The number of carbonyl (C=O) groups excluding carboxylic acids is 1. The van der Waals surface area contributed by atoms with Crippen molar-refractivity contribution in [2.24, 2.45) is 11.1 Å². The van der Waals surface area contributed by atoms with Gasteiger partial charge in [0.15, 0.2) is 0 Å². The maximum Gasteiger partial charge on any atom is 0.404 e. The van der Waals surface area contributed by atoms with Gasteiger partial charge in [-0.15, -0.1) is 0 Å². The van der Waals surface area contributed by atoms with Gasteiger partial charge in [-0.2, -0.15) is 0 Å². The summed E-state index contributed by atoms with van der Waals surface area (Å²) in [5.74, 6) is 0. The number of aliphatic hydroxyl groups excluding tert-OH is 1. The Hall–Kier alpha value is -0.770. The van der Waals surface area contributed by atoms with E-state index in [4.69, 9.17) is 10.8 Å². The third-order valence-electron chi connectivity index (χ3n) is 1.80. The van der Waals surface area contributed by atoms with Crippen LogP contribution in [-0.4, -0.2) is 24.4 Å². The number of primary amides is 1. The van der Waals surface area contributed by atoms with Gasteiger partial charge >= 0.3 is 6.09 Å². The van der Waals surface area contributed by atoms with Crippen LogP contribution in [0.3, 0.4) is 0 Å². The van der Waals surface area contributed by atoms with Crippen LogP contribution < -0.4 is 5.73 Å². The van der Waals surface area contributed by atoms with Gasteiger partial charge in [0.05, 0.1) is 6.61 Å². The quantitative estimate of drug-likeness (QED) is 0.630. The second kappa shape index (κ2) is 4.18. The van der Waals surface area contributed by atoms with Crippen LogP contribution in [0.1, 0.15) is 20.3 Å². The molecule has 0 saturated carbocycles. The van der Waals surface area contributed by atoms with Crippen LogP contribution in [0.2, 0.25) is 0 Å². The molecule has 0 fully saturated rings. The van der Waals surface area contributed by atoms with Crippen molar-refractivity contribution in [1.29, 1.82) is 0 Å². The molecule has 3 N–H and O–H groups in total. The Morgan fingerprint density at radius 3 is 2.55 bits per heavy atom. The lowest BCUT2D eigenvalue weighted by Crippen LogP contribution is -2.29. The summed E-state index contributed by atoms with van der Waals surface area (Å²) < 4.78 is 4.57. The number of ether oxygens (including phenoxy) is 1. The molecular formula is C7H15NO3. The SMILES string of the molecule is CC[C@@](C)(CO)COC(N)=O. The Balaban J connectivity index is 3.78. The van der Waals surface area contributed by atoms with E-state index in [2.05, 4.69) is 4.74 Å². The maximum absolute atomic E-state index is 10.2. The fourth-order valence-corrected chi connectivity index (χ4v) is 0.505. The van der Waals surface area contributed by atoms with Gasteiger partial charge in [0.25, 0.3) is 0 Å². The zero-order chi connectivity index (χ0) is 8.91. The zero-order valence-electron chi connectivity index (χ0n) is 6.96. The predicted octanol–water partition coefficient (Wildman–Crippen LogP) is 0.490. The van der Waals surface area contributed by atoms with E-state index in [1.165, 1.54) is 0 Å². The highest BCUT2D eigenvalue weighted by atomic mass is 16.5. The number of amides is 1. The van der Waals surface area contributed by atoms with Crippen LogP contribution in [-0.2, 0) is 4.74 Å². The summed E-state index contributed by atoms with van der Waals surface area (Å²) in [4.78, 5) is 10.2. The molecule has 0 saturated heterocycles. The van der Waals surface area contributed by atoms with Crippen molar-refractivity contribution in [2.75, 3.05) is 13.2 Å². The molecule has 0 aromatic rings. The van der Waals surface area contributed by atoms with E-state index in [0.29, 0.717) is 0 Å². The minimum absolute atomic E-state index is 0.00319. The van der Waals surface area contributed by atoms with Gasteiger partial charge in [-0.05, 0) is 6.42 Å². The van der Waals surface area contributed by atoms with Gasteiger partial charge in [0.2, 0.25) is 0 Å². The molecule has 0 aromatic carbocycles. The Kier molecular flexibility index (Phi) is 3.89. The van der Waals surface area contributed by atoms with Crippen LogP contribution in [0.4, 0.5) is 4.79 Å². The summed E-state index contributed by atoms with van der Waals surface area (Å²) in [6, 6.07) is 0. The highest BCUT2D eigenvalue weighted by Crippen LogP contribution is 2.19. The number of hydrogen-bond donors (Lipinski definition) is 2. The molecular weight excluding hydrogens is 146 g/mol. The van der Waals surface area contributed by atoms with Crippen LogP contribution >= 0.6 is 0 Å². The molecule has 0 bridgehead atoms. The fraction of sp³-hybridized carbons (Fsp3) is 0.857. The first-order valence-corrected chi connectivity index (χ1v) is 3.57. The number of aliphatic hydroxyl groups is 1. The van der Waals surface area contributed by atoms with Crippen molar-refractivity contribution in [3.8, 4) is 0 Å². The summed E-state index contributed by atoms with van der Waals surface area (Å²) in [7, 11) is 0. The molecule has 0 rings (SSSR count). The van der Waals surface area contributed by atoms with Gasteiger partial charge in [-0.3, -0.25) is 0 Å². The number of nitrogens with two attached hydrogens (primary N) is 1. The van der Waals surface area contributed by atoms with E-state index in [-0.39, 0.29) is 18.6 Å². The van der Waals surface area contributed by atoms with Crippen LogP contribution in [0.25, 0.3) is 0 Å². The third kappa shape index (κ3) is 3.83. The average molecular weight is 161 g/mol. The molecule has 0 aromatic heterocycles. The van der Waals surface area contributed by atoms with E-state index in [9.17, 15) is 4.79 Å². The van der Waals surface area contributed by atoms with Crippen molar-refractivity contribution in [3.63, 3.8) is 0 Å². The van der Waals surface area contributed by atoms with E-state index in [1.54, 1.807) is 0 Å². The monoisotopic (exact) mass is 161 g/mol. The van der Waals surface area contributed by atoms with Gasteiger partial charge in [0.1, 0.15) is 6.61 Å². The molecule has 11 heavy (non-hydrogen) atoms. The second-order valence-electron chi connectivity index (χ2n) is 2.93. The highest BCUT2D eigenvalue weighted by molar-refractivity contribution is 5.64. The predicted molar refractivity (Wildman–Crippen MR) is 41.0 cm³/mol. The Morgan fingerprint density at radius 2 is 2.27 bits per heavy atom. The van der Waals surface area contributed by atoms with E-state index < -0.39 is 6.09 Å². The first-order valence-electron chi connectivity index (χ1n) is 3.57. The van der Waals surface area contributed by atoms with Crippen LogP contribution in [0.5, 0.6) is 0 Å². The number of carbonyl (C=O) groups is 1. The minimum Gasteiger partial charge on any atom is -0.449 e. The standard InChI is InChI=1S/C7H15NO3/c1-3-7(2,4-9)5-11-6(8)10/h9H,3-5H2,1-2H3,(H2,8,10)/t7-/m0/s1. The molecule has 0 heterocycles. The molecule has 0 radical (unpaired) electrons. The first kappa shape index (κ1) is 10.2. The minimum atomic E-state index is -0.793. The topological polar surface area (TPSA) is 72.6 Å². The Morgan fingerprint density at radius 1 is 1.73 bits per heavy atom. The third-order valence-corrected chi connectivity index (χ3v) is 1.80. The first-order chi connectivity index (χ1) is 5.04. The van der Waals surface area contributed by atoms with Crippen LogP contribution in [0, 0.1) is 5.41 Å². The van der Waals surface area contributed by atoms with Crippen molar-refractivity contribution < 1.29 is 14.6 Å². The average Bonchev–Trinajstić information content (AvgIpc) is 2.00. The molecule has 4 heteroatoms. The Labute approximate surface area is 66.3 Å². The lowest BCUT2D eigenvalue weighted by molar-refractivity contribution is 0.0509. The maximum atomic E-state index is 10.2. The second-order valence-corrected chi connectivity index (χ2v) is 2.93. The molecule has 0 aliphatic rings. The summed E-state index contributed by atoms with van der Waals surface area (Å²) in [6.45, 7) is 3.92. The molecule has 1 amide bonds. The van der Waals surface area contributed by atoms with Gasteiger partial charge in [-0.25, -0.2) is 4.79 Å². The number of hydrogen-bond acceptors (Lipinski definition) is 3. The zero-order valence-corrected chi connectivity index (χ0v) is 6.96. The Bertz CT molecular complexity index is 132. The largest absolute Gasteiger partial charge is 0.449 e. The molecule has 66 valence electrons. The van der Waals surface area contributed by atoms with Gasteiger partial charge < -0.3 is 15.6 Å². The van der Waals surface area contributed by atoms with E-state index in [0.717, 1.165) is 6.42 Å². The van der Waals surface area contributed by atoms with E-state index >= 15 is 0 Å². The molecule has 0 aliphatic heterocycles. The molecule has 4 nitrogen and oxygen atoms in total. The normalized spacial score (nSPS) is 15.5. The summed E-state index contributed by atoms with van der Waals surface area (Å²) in [6.07, 6.45) is -0.0466. The van der Waals surface area contributed by atoms with E-state index in [1.807, 2.05) is 13.8 Å². The lowest BCUT2D eigenvalue weighted by Gasteiger charge is -2.23. The summed E-state index contributed by atoms with van der Waals surface area (Å²) >= 11 is 0. The van der Waals surface area contributed by atoms with Crippen molar-refractivity contribution in [1.82, 2.24) is 0 Å². The highest BCUT2D eigenvalue weighted by Gasteiger charge is 2.22. The molecule has 0 aliphatic carbocycles. The number of rotatable bonds is 4. The molecule has 0 spiro atoms. The fourth-order valence-electron chi connectivity index (χ4n) is 0.505. The smallest absolute Gasteiger partial charge is 0.404 e. The van der Waals surface area contributed by atoms with Gasteiger partial charge in [-0.1, -0.05) is 13.8 Å². The van der Waals surface area contributed by atoms with Crippen molar-refractivity contribution in [3.05, 3.63) is 0 Å². The van der Waals surface area contributed by atoms with Crippen molar-refractivity contribution in [2.45, 2.75) is 20.3 Å².